The molecule has 0 amide bonds. The van der Waals surface area contributed by atoms with Crippen LogP contribution in [-0.4, -0.2) is 12.6 Å². The third-order valence-corrected chi connectivity index (χ3v) is 7.62. The van der Waals surface area contributed by atoms with E-state index in [9.17, 15) is 18.0 Å². The SMILES string of the molecule is CCCCCCCOc1ccc(-c2ccc(OC(=O)c3ccc(C4CCC(C)CC4)c(F)c3F)cc2)cc1F. The van der Waals surface area contributed by atoms with Gasteiger partial charge in [-0.15, -0.1) is 0 Å². The zero-order valence-corrected chi connectivity index (χ0v) is 22.8. The van der Waals surface area contributed by atoms with Crippen molar-refractivity contribution >= 4 is 5.97 Å². The summed E-state index contributed by atoms with van der Waals surface area (Å²) in [6.45, 7) is 4.81. The molecule has 3 aromatic carbocycles. The molecular weight excluding hydrogens is 501 g/mol. The molecule has 0 heterocycles. The second-order valence-corrected chi connectivity index (χ2v) is 10.6. The first kappa shape index (κ1) is 28.7. The number of hydrogen-bond acceptors (Lipinski definition) is 3. The third-order valence-electron chi connectivity index (χ3n) is 7.62. The minimum absolute atomic E-state index is 0.0330. The molecule has 39 heavy (non-hydrogen) atoms. The zero-order chi connectivity index (χ0) is 27.8. The molecule has 0 unspecified atom stereocenters. The van der Waals surface area contributed by atoms with E-state index in [1.165, 1.54) is 43.2 Å². The molecule has 1 saturated carbocycles. The summed E-state index contributed by atoms with van der Waals surface area (Å²) in [6.07, 6.45) is 9.07. The van der Waals surface area contributed by atoms with E-state index in [1.54, 1.807) is 24.3 Å². The number of rotatable bonds is 11. The molecule has 0 spiro atoms. The Morgan fingerprint density at radius 2 is 1.51 bits per heavy atom. The summed E-state index contributed by atoms with van der Waals surface area (Å²) in [6, 6.07) is 14.0. The second kappa shape index (κ2) is 13.7. The number of benzene rings is 3. The van der Waals surface area contributed by atoms with Crippen LogP contribution in [0, 0.1) is 23.4 Å². The van der Waals surface area contributed by atoms with Gasteiger partial charge in [0.25, 0.3) is 0 Å². The number of ether oxygens (including phenoxy) is 2. The molecule has 3 aromatic rings. The van der Waals surface area contributed by atoms with Crippen molar-refractivity contribution in [1.82, 2.24) is 0 Å². The van der Waals surface area contributed by atoms with Crippen LogP contribution in [0.1, 0.15) is 93.5 Å². The van der Waals surface area contributed by atoms with E-state index in [1.807, 2.05) is 0 Å². The molecule has 1 fully saturated rings. The fraction of sp³-hybridized carbons (Fsp3) is 0.424. The van der Waals surface area contributed by atoms with Crippen LogP contribution >= 0.6 is 0 Å². The molecule has 3 nitrogen and oxygen atoms in total. The van der Waals surface area contributed by atoms with Gasteiger partial charge in [-0.25, -0.2) is 18.0 Å². The molecule has 1 aliphatic carbocycles. The van der Waals surface area contributed by atoms with Crippen LogP contribution in [0.15, 0.2) is 54.6 Å². The minimum Gasteiger partial charge on any atom is -0.491 e. The fourth-order valence-corrected chi connectivity index (χ4v) is 5.17. The van der Waals surface area contributed by atoms with Crippen LogP contribution < -0.4 is 9.47 Å². The summed E-state index contributed by atoms with van der Waals surface area (Å²) in [5, 5.41) is 0. The number of unbranched alkanes of at least 4 members (excludes halogenated alkanes) is 4. The maximum atomic E-state index is 14.9. The van der Waals surface area contributed by atoms with Gasteiger partial charge in [-0.2, -0.15) is 0 Å². The Kier molecular flexibility index (Phi) is 10.1. The van der Waals surface area contributed by atoms with Crippen LogP contribution in [0.5, 0.6) is 11.5 Å². The van der Waals surface area contributed by atoms with Gasteiger partial charge >= 0.3 is 5.97 Å². The Balaban J connectivity index is 1.36. The Labute approximate surface area is 229 Å². The fourth-order valence-electron chi connectivity index (χ4n) is 5.17. The molecule has 1 aliphatic rings. The molecule has 0 saturated heterocycles. The Bertz CT molecular complexity index is 1250. The number of carbonyl (C=O) groups excluding carboxylic acids is 1. The molecule has 6 heteroatoms. The summed E-state index contributed by atoms with van der Waals surface area (Å²) in [5.74, 6) is -2.59. The van der Waals surface area contributed by atoms with Gasteiger partial charge in [-0.3, -0.25) is 0 Å². The van der Waals surface area contributed by atoms with Crippen LogP contribution in [0.3, 0.4) is 0 Å². The predicted molar refractivity (Wildman–Crippen MR) is 148 cm³/mol. The highest BCUT2D eigenvalue weighted by atomic mass is 19.2. The lowest BCUT2D eigenvalue weighted by atomic mass is 9.79. The summed E-state index contributed by atoms with van der Waals surface area (Å²) in [5.41, 5.74) is 1.24. The van der Waals surface area contributed by atoms with Crippen LogP contribution in [0.25, 0.3) is 11.1 Å². The maximum absolute atomic E-state index is 14.9. The van der Waals surface area contributed by atoms with Crippen molar-refractivity contribution in [2.75, 3.05) is 6.61 Å². The van der Waals surface area contributed by atoms with E-state index >= 15 is 0 Å². The average Bonchev–Trinajstić information content (AvgIpc) is 2.94. The van der Waals surface area contributed by atoms with Crippen molar-refractivity contribution in [2.45, 2.75) is 77.6 Å². The van der Waals surface area contributed by atoms with Crippen molar-refractivity contribution in [3.05, 3.63) is 83.2 Å². The molecule has 0 N–H and O–H groups in total. The first-order valence-electron chi connectivity index (χ1n) is 14.1. The van der Waals surface area contributed by atoms with E-state index in [-0.39, 0.29) is 17.4 Å². The van der Waals surface area contributed by atoms with Crippen molar-refractivity contribution in [2.24, 2.45) is 5.92 Å². The largest absolute Gasteiger partial charge is 0.491 e. The Hall–Kier alpha value is -3.28. The standard InChI is InChI=1S/C33H37F3O3/c1-3-4-5-6-7-20-38-30-19-14-25(21-29(30)34)23-12-15-26(16-13-23)39-33(37)28-18-17-27(31(35)32(28)36)24-10-8-22(2)9-11-24/h12-19,21-22,24H,3-11,20H2,1-2H3. The average molecular weight is 539 g/mol. The predicted octanol–water partition coefficient (Wildman–Crippen LogP) is 9.63. The van der Waals surface area contributed by atoms with Crippen molar-refractivity contribution in [1.29, 1.82) is 0 Å². The van der Waals surface area contributed by atoms with Crippen LogP contribution in [-0.2, 0) is 0 Å². The van der Waals surface area contributed by atoms with Crippen molar-refractivity contribution in [3.63, 3.8) is 0 Å². The Morgan fingerprint density at radius 3 is 2.21 bits per heavy atom. The normalized spacial score (nSPS) is 17.2. The van der Waals surface area contributed by atoms with Crippen LogP contribution in [0.2, 0.25) is 0 Å². The van der Waals surface area contributed by atoms with Gasteiger partial charge in [-0.1, -0.05) is 76.6 Å². The lowest BCUT2D eigenvalue weighted by Gasteiger charge is -2.27. The lowest BCUT2D eigenvalue weighted by molar-refractivity contribution is 0.0728. The smallest absolute Gasteiger partial charge is 0.346 e. The van der Waals surface area contributed by atoms with Gasteiger partial charge in [-0.05, 0) is 78.1 Å². The molecule has 0 aromatic heterocycles. The minimum atomic E-state index is -1.17. The highest BCUT2D eigenvalue weighted by Crippen LogP contribution is 2.37. The van der Waals surface area contributed by atoms with E-state index in [0.29, 0.717) is 29.2 Å². The van der Waals surface area contributed by atoms with E-state index in [0.717, 1.165) is 44.9 Å². The molecule has 4 rings (SSSR count). The monoisotopic (exact) mass is 538 g/mol. The number of carbonyl (C=O) groups is 1. The van der Waals surface area contributed by atoms with Gasteiger partial charge in [0, 0.05) is 0 Å². The van der Waals surface area contributed by atoms with E-state index in [2.05, 4.69) is 13.8 Å². The zero-order valence-electron chi connectivity index (χ0n) is 22.8. The summed E-state index contributed by atoms with van der Waals surface area (Å²) in [7, 11) is 0. The van der Waals surface area contributed by atoms with E-state index < -0.39 is 29.0 Å². The second-order valence-electron chi connectivity index (χ2n) is 10.6. The van der Waals surface area contributed by atoms with Gasteiger partial charge in [0.05, 0.1) is 12.2 Å². The first-order chi connectivity index (χ1) is 18.9. The number of halogens is 3. The molecule has 0 aliphatic heterocycles. The third kappa shape index (κ3) is 7.43. The molecule has 208 valence electrons. The van der Waals surface area contributed by atoms with Gasteiger partial charge in [0.15, 0.2) is 23.2 Å². The molecular formula is C33H37F3O3. The number of hydrogen-bond donors (Lipinski definition) is 0. The maximum Gasteiger partial charge on any atom is 0.346 e. The van der Waals surface area contributed by atoms with Gasteiger partial charge in [0.1, 0.15) is 5.75 Å². The van der Waals surface area contributed by atoms with Gasteiger partial charge in [0.2, 0.25) is 0 Å². The lowest BCUT2D eigenvalue weighted by Crippen LogP contribution is -2.16. The highest BCUT2D eigenvalue weighted by molar-refractivity contribution is 5.91. The molecule has 0 radical (unpaired) electrons. The first-order valence-corrected chi connectivity index (χ1v) is 14.1. The van der Waals surface area contributed by atoms with Gasteiger partial charge < -0.3 is 9.47 Å². The quantitative estimate of drug-likeness (QED) is 0.138. The molecule has 0 atom stereocenters. The highest BCUT2D eigenvalue weighted by Gasteiger charge is 2.27. The summed E-state index contributed by atoms with van der Waals surface area (Å²) < 4.78 is 55.2. The van der Waals surface area contributed by atoms with Crippen LogP contribution in [0.4, 0.5) is 13.2 Å². The number of esters is 1. The van der Waals surface area contributed by atoms with Crippen molar-refractivity contribution < 1.29 is 27.4 Å². The van der Waals surface area contributed by atoms with E-state index in [4.69, 9.17) is 9.47 Å². The Morgan fingerprint density at radius 1 is 0.821 bits per heavy atom. The summed E-state index contributed by atoms with van der Waals surface area (Å²) >= 11 is 0. The topological polar surface area (TPSA) is 35.5 Å². The van der Waals surface area contributed by atoms with Crippen molar-refractivity contribution in [3.8, 4) is 22.6 Å². The molecule has 0 bridgehead atoms. The summed E-state index contributed by atoms with van der Waals surface area (Å²) in [4.78, 5) is 12.6.